The molecule has 1 N–H and O–H groups in total. The van der Waals surface area contributed by atoms with Crippen LogP contribution in [0.25, 0.3) is 0 Å². The summed E-state index contributed by atoms with van der Waals surface area (Å²) in [6, 6.07) is 10.0. The number of halogens is 3. The number of nitrogens with one attached hydrogen (secondary N) is 1. The maximum Gasteiger partial charge on any atom is 0.416 e. The fraction of sp³-hybridized carbons (Fsp3) is 0.500. The molecule has 1 aromatic carbocycles. The molecule has 0 spiro atoms. The highest BCUT2D eigenvalue weighted by atomic mass is 19.4. The molecule has 1 aromatic rings. The van der Waals surface area contributed by atoms with Crippen molar-refractivity contribution >= 4 is 5.90 Å². The first-order valence-electron chi connectivity index (χ1n) is 9.08. The summed E-state index contributed by atoms with van der Waals surface area (Å²) in [5.41, 5.74) is -5.85. The number of nitrogens with zero attached hydrogens (tertiary/aromatic N) is 3. The van der Waals surface area contributed by atoms with Crippen molar-refractivity contribution in [2.45, 2.75) is 43.8 Å². The summed E-state index contributed by atoms with van der Waals surface area (Å²) in [5.74, 6) is -2.86. The number of nitriles is 3. The lowest BCUT2D eigenvalue weighted by atomic mass is 9.51. The first kappa shape index (κ1) is 19.2. The van der Waals surface area contributed by atoms with Crippen LogP contribution in [0.15, 0.2) is 24.3 Å². The van der Waals surface area contributed by atoms with E-state index < -0.39 is 51.8 Å². The van der Waals surface area contributed by atoms with Crippen LogP contribution in [0.3, 0.4) is 0 Å². The van der Waals surface area contributed by atoms with Crippen molar-refractivity contribution in [3.63, 3.8) is 0 Å². The van der Waals surface area contributed by atoms with Crippen LogP contribution in [-0.2, 0) is 15.7 Å². The van der Waals surface area contributed by atoms with Crippen molar-refractivity contribution < 1.29 is 22.6 Å². The SMILES string of the molecule is N#CC1(C#N)C(c2ccccc2C(F)(F)F)OC23CCCCC2C1(C#N)C(=N)O3. The number of alkyl halides is 3. The highest BCUT2D eigenvalue weighted by Crippen LogP contribution is 2.69. The second kappa shape index (κ2) is 5.95. The predicted molar refractivity (Wildman–Crippen MR) is 90.5 cm³/mol. The van der Waals surface area contributed by atoms with Crippen LogP contribution < -0.4 is 0 Å². The molecule has 9 heteroatoms. The average Bonchev–Trinajstić information content (AvgIpc) is 2.92. The van der Waals surface area contributed by atoms with Crippen LogP contribution in [0.1, 0.15) is 42.9 Å². The standard InChI is InChI=1S/C20H15F3N4O2/c21-20(22,23)13-6-2-1-5-12(13)15-17(9-24,10-25)18(11-26)14-7-3-4-8-19(14,28-15)29-16(18)27/h1-2,5-6,14-15,27H,3-4,7-8H2. The van der Waals surface area contributed by atoms with E-state index in [0.29, 0.717) is 19.3 Å². The molecule has 3 aliphatic rings. The number of rotatable bonds is 1. The zero-order valence-electron chi connectivity index (χ0n) is 15.1. The normalized spacial score (nSPS) is 34.8. The van der Waals surface area contributed by atoms with E-state index in [0.717, 1.165) is 12.1 Å². The fourth-order valence-corrected chi connectivity index (χ4v) is 5.12. The summed E-state index contributed by atoms with van der Waals surface area (Å²) in [6.45, 7) is 0. The molecule has 29 heavy (non-hydrogen) atoms. The van der Waals surface area contributed by atoms with Gasteiger partial charge in [-0.3, -0.25) is 5.41 Å². The topological polar surface area (TPSA) is 114 Å². The van der Waals surface area contributed by atoms with E-state index in [1.807, 2.05) is 6.07 Å². The van der Waals surface area contributed by atoms with Crippen LogP contribution in [-0.4, -0.2) is 11.7 Å². The molecule has 1 aliphatic carbocycles. The lowest BCUT2D eigenvalue weighted by Gasteiger charge is -2.51. The van der Waals surface area contributed by atoms with Gasteiger partial charge in [-0.1, -0.05) is 24.6 Å². The molecular formula is C20H15F3N4O2. The average molecular weight is 400 g/mol. The number of benzene rings is 1. The van der Waals surface area contributed by atoms with Gasteiger partial charge in [0, 0.05) is 6.42 Å². The summed E-state index contributed by atoms with van der Waals surface area (Å²) in [7, 11) is 0. The third-order valence-corrected chi connectivity index (χ3v) is 6.36. The Kier molecular flexibility index (Phi) is 3.95. The lowest BCUT2D eigenvalue weighted by molar-refractivity contribution is -0.295. The minimum Gasteiger partial charge on any atom is -0.447 e. The second-order valence-corrected chi connectivity index (χ2v) is 7.58. The van der Waals surface area contributed by atoms with E-state index >= 15 is 0 Å². The zero-order chi connectivity index (χ0) is 21.1. The van der Waals surface area contributed by atoms with Gasteiger partial charge in [0.25, 0.3) is 0 Å². The van der Waals surface area contributed by atoms with Crippen molar-refractivity contribution in [1.82, 2.24) is 0 Å². The van der Waals surface area contributed by atoms with E-state index in [4.69, 9.17) is 14.9 Å². The van der Waals surface area contributed by atoms with Crippen LogP contribution in [0.2, 0.25) is 0 Å². The summed E-state index contributed by atoms with van der Waals surface area (Å²) < 4.78 is 52.8. The monoisotopic (exact) mass is 400 g/mol. The van der Waals surface area contributed by atoms with Gasteiger partial charge in [-0.05, 0) is 24.5 Å². The molecule has 1 saturated carbocycles. The Hall–Kier alpha value is -3.09. The van der Waals surface area contributed by atoms with Gasteiger partial charge in [0.05, 0.1) is 29.7 Å². The highest BCUT2D eigenvalue weighted by Gasteiger charge is 2.80. The molecule has 0 radical (unpaired) electrons. The molecule has 4 atom stereocenters. The van der Waals surface area contributed by atoms with Crippen molar-refractivity contribution in [2.24, 2.45) is 16.7 Å². The van der Waals surface area contributed by atoms with E-state index in [1.165, 1.54) is 12.1 Å². The van der Waals surface area contributed by atoms with Crippen LogP contribution >= 0.6 is 0 Å². The summed E-state index contributed by atoms with van der Waals surface area (Å²) in [5, 5.41) is 38.6. The smallest absolute Gasteiger partial charge is 0.416 e. The van der Waals surface area contributed by atoms with Crippen molar-refractivity contribution in [1.29, 1.82) is 21.2 Å². The third-order valence-electron chi connectivity index (χ3n) is 6.36. The maximum absolute atomic E-state index is 13.7. The first-order valence-corrected chi connectivity index (χ1v) is 9.08. The lowest BCUT2D eigenvalue weighted by Crippen LogP contribution is -2.60. The zero-order valence-corrected chi connectivity index (χ0v) is 15.1. The molecule has 0 aromatic heterocycles. The van der Waals surface area contributed by atoms with Gasteiger partial charge in [0.15, 0.2) is 5.41 Å². The Balaban J connectivity index is 2.04. The first-order chi connectivity index (χ1) is 13.7. The van der Waals surface area contributed by atoms with Crippen molar-refractivity contribution in [2.75, 3.05) is 0 Å². The molecular weight excluding hydrogens is 385 g/mol. The molecule has 6 nitrogen and oxygen atoms in total. The molecule has 2 saturated heterocycles. The van der Waals surface area contributed by atoms with Gasteiger partial charge in [-0.2, -0.15) is 29.0 Å². The van der Waals surface area contributed by atoms with Crippen molar-refractivity contribution in [3.8, 4) is 18.2 Å². The third kappa shape index (κ3) is 2.15. The molecule has 2 bridgehead atoms. The van der Waals surface area contributed by atoms with Crippen LogP contribution in [0, 0.1) is 56.2 Å². The second-order valence-electron chi connectivity index (χ2n) is 7.58. The predicted octanol–water partition coefficient (Wildman–Crippen LogP) is 4.21. The molecule has 4 unspecified atom stereocenters. The molecule has 2 heterocycles. The summed E-state index contributed by atoms with van der Waals surface area (Å²) >= 11 is 0. The van der Waals surface area contributed by atoms with Gasteiger partial charge >= 0.3 is 6.18 Å². The van der Waals surface area contributed by atoms with E-state index in [1.54, 1.807) is 12.1 Å². The van der Waals surface area contributed by atoms with Crippen LogP contribution in [0.5, 0.6) is 0 Å². The van der Waals surface area contributed by atoms with Gasteiger partial charge < -0.3 is 9.47 Å². The molecule has 2 aliphatic heterocycles. The van der Waals surface area contributed by atoms with E-state index in [-0.39, 0.29) is 6.42 Å². The van der Waals surface area contributed by atoms with Gasteiger partial charge in [0.2, 0.25) is 17.1 Å². The molecule has 3 fully saturated rings. The largest absolute Gasteiger partial charge is 0.447 e. The number of hydrogen-bond donors (Lipinski definition) is 1. The Morgan fingerprint density at radius 1 is 1.07 bits per heavy atom. The number of hydrogen-bond acceptors (Lipinski definition) is 6. The van der Waals surface area contributed by atoms with E-state index in [9.17, 15) is 29.0 Å². The van der Waals surface area contributed by atoms with Crippen molar-refractivity contribution in [3.05, 3.63) is 35.4 Å². The Bertz CT molecular complexity index is 1000. The highest BCUT2D eigenvalue weighted by molar-refractivity contribution is 5.89. The quantitative estimate of drug-likeness (QED) is 0.758. The fourth-order valence-electron chi connectivity index (χ4n) is 5.12. The minimum atomic E-state index is -4.76. The molecule has 148 valence electrons. The van der Waals surface area contributed by atoms with Gasteiger partial charge in [-0.15, -0.1) is 0 Å². The Morgan fingerprint density at radius 2 is 1.76 bits per heavy atom. The minimum absolute atomic E-state index is 0.265. The summed E-state index contributed by atoms with van der Waals surface area (Å²) in [4.78, 5) is 0. The van der Waals surface area contributed by atoms with Crippen LogP contribution in [0.4, 0.5) is 13.2 Å². The summed E-state index contributed by atoms with van der Waals surface area (Å²) in [6.07, 6.45) is -4.52. The Labute approximate surface area is 164 Å². The molecule has 0 amide bonds. The molecule has 4 rings (SSSR count). The maximum atomic E-state index is 13.7. The van der Waals surface area contributed by atoms with E-state index in [2.05, 4.69) is 0 Å². The number of ether oxygens (including phenoxy) is 2. The Morgan fingerprint density at radius 3 is 2.38 bits per heavy atom. The van der Waals surface area contributed by atoms with Gasteiger partial charge in [0.1, 0.15) is 6.10 Å². The van der Waals surface area contributed by atoms with Gasteiger partial charge in [-0.25, -0.2) is 0 Å².